The van der Waals surface area contributed by atoms with E-state index in [4.69, 9.17) is 33.9 Å². The molecule has 1 aromatic rings. The van der Waals surface area contributed by atoms with Gasteiger partial charge < -0.3 is 5.32 Å². The summed E-state index contributed by atoms with van der Waals surface area (Å²) < 4.78 is 22.8. The molecule has 21 heavy (non-hydrogen) atoms. The van der Waals surface area contributed by atoms with Gasteiger partial charge in [0.15, 0.2) is 0 Å². The number of benzene rings is 1. The summed E-state index contributed by atoms with van der Waals surface area (Å²) in [6, 6.07) is 2.31. The lowest BCUT2D eigenvalue weighted by atomic mass is 10.0. The molecule has 8 heteroatoms. The lowest BCUT2D eigenvalue weighted by molar-refractivity contribution is 0.0944. The number of nitrogens with one attached hydrogen (secondary N) is 1. The van der Waals surface area contributed by atoms with Gasteiger partial charge in [-0.3, -0.25) is 4.79 Å². The van der Waals surface area contributed by atoms with Gasteiger partial charge in [0, 0.05) is 17.2 Å². The third-order valence-corrected chi connectivity index (χ3v) is 5.96. The Labute approximate surface area is 138 Å². The Morgan fingerprint density at radius 3 is 2.38 bits per heavy atom. The first-order valence-electron chi connectivity index (χ1n) is 6.40. The molecule has 0 aromatic heterocycles. The van der Waals surface area contributed by atoms with Crippen LogP contribution in [0.15, 0.2) is 17.0 Å². The van der Waals surface area contributed by atoms with Crippen LogP contribution >= 0.6 is 33.9 Å². The summed E-state index contributed by atoms with van der Waals surface area (Å²) in [5.74, 6) is -0.432. The number of rotatable bonds is 5. The SMILES string of the molecule is CCC1(CNC(=O)c2cc(S(=O)(=O)Cl)c(Cl)cc2Cl)CC1. The van der Waals surface area contributed by atoms with Gasteiger partial charge >= 0.3 is 0 Å². The van der Waals surface area contributed by atoms with E-state index in [1.165, 1.54) is 6.07 Å². The van der Waals surface area contributed by atoms with Crippen molar-refractivity contribution in [2.45, 2.75) is 31.1 Å². The van der Waals surface area contributed by atoms with Crippen LogP contribution in [0.5, 0.6) is 0 Å². The molecule has 116 valence electrons. The van der Waals surface area contributed by atoms with Crippen LogP contribution in [-0.2, 0) is 9.05 Å². The van der Waals surface area contributed by atoms with Crippen molar-refractivity contribution in [3.63, 3.8) is 0 Å². The minimum absolute atomic E-state index is 0.0483. The van der Waals surface area contributed by atoms with Crippen LogP contribution in [0.4, 0.5) is 0 Å². The first-order valence-corrected chi connectivity index (χ1v) is 9.47. The minimum Gasteiger partial charge on any atom is -0.351 e. The van der Waals surface area contributed by atoms with E-state index in [1.807, 2.05) is 0 Å². The van der Waals surface area contributed by atoms with E-state index in [9.17, 15) is 13.2 Å². The maximum absolute atomic E-state index is 12.2. The van der Waals surface area contributed by atoms with Crippen molar-refractivity contribution >= 4 is 48.8 Å². The summed E-state index contributed by atoms with van der Waals surface area (Å²) in [7, 11) is 1.25. The molecule has 1 N–H and O–H groups in total. The van der Waals surface area contributed by atoms with Crippen LogP contribution < -0.4 is 5.32 Å². The molecule has 4 nitrogen and oxygen atoms in total. The molecule has 0 saturated heterocycles. The van der Waals surface area contributed by atoms with Crippen LogP contribution in [0.1, 0.15) is 36.5 Å². The maximum Gasteiger partial charge on any atom is 0.262 e. The Morgan fingerprint density at radius 1 is 1.29 bits per heavy atom. The second-order valence-electron chi connectivity index (χ2n) is 5.24. The molecule has 0 heterocycles. The Balaban J connectivity index is 2.24. The number of halogens is 3. The molecule has 0 bridgehead atoms. The normalized spacial score (nSPS) is 16.6. The highest BCUT2D eigenvalue weighted by Gasteiger charge is 2.40. The summed E-state index contributed by atoms with van der Waals surface area (Å²) in [5, 5.41) is 2.76. The van der Waals surface area contributed by atoms with Crippen molar-refractivity contribution in [2.24, 2.45) is 5.41 Å². The third kappa shape index (κ3) is 3.83. The first kappa shape index (κ1) is 16.9. The predicted molar refractivity (Wildman–Crippen MR) is 83.8 cm³/mol. The van der Waals surface area contributed by atoms with Crippen LogP contribution in [0.3, 0.4) is 0 Å². The van der Waals surface area contributed by atoms with Crippen molar-refractivity contribution in [3.8, 4) is 0 Å². The zero-order chi connectivity index (χ0) is 15.8. The van der Waals surface area contributed by atoms with Crippen LogP contribution in [0, 0.1) is 5.41 Å². The van der Waals surface area contributed by atoms with Gasteiger partial charge in [0.2, 0.25) is 0 Å². The second kappa shape index (κ2) is 5.95. The van der Waals surface area contributed by atoms with Crippen molar-refractivity contribution in [2.75, 3.05) is 6.54 Å². The molecule has 0 spiro atoms. The number of carbonyl (C=O) groups excluding carboxylic acids is 1. The monoisotopic (exact) mass is 369 g/mol. The summed E-state index contributed by atoms with van der Waals surface area (Å²) in [4.78, 5) is 11.8. The van der Waals surface area contributed by atoms with Crippen LogP contribution in [-0.4, -0.2) is 20.9 Å². The summed E-state index contributed by atoms with van der Waals surface area (Å²) in [6.07, 6.45) is 3.15. The van der Waals surface area contributed by atoms with Gasteiger partial charge in [-0.25, -0.2) is 8.42 Å². The molecule has 1 fully saturated rings. The molecule has 1 aliphatic rings. The Hall–Kier alpha value is -0.490. The molecule has 1 saturated carbocycles. The molecular weight excluding hydrogens is 357 g/mol. The highest BCUT2D eigenvalue weighted by Crippen LogP contribution is 2.47. The number of carbonyl (C=O) groups is 1. The summed E-state index contributed by atoms with van der Waals surface area (Å²) in [5.41, 5.74) is 0.225. The van der Waals surface area contributed by atoms with Gasteiger partial charge in [-0.2, -0.15) is 0 Å². The molecule has 0 atom stereocenters. The Morgan fingerprint density at radius 2 is 1.90 bits per heavy atom. The fourth-order valence-corrected chi connectivity index (χ4v) is 3.91. The van der Waals surface area contributed by atoms with Crippen molar-refractivity contribution < 1.29 is 13.2 Å². The van der Waals surface area contributed by atoms with Gasteiger partial charge in [0.25, 0.3) is 15.0 Å². The zero-order valence-corrected chi connectivity index (χ0v) is 14.3. The lowest BCUT2D eigenvalue weighted by Crippen LogP contribution is -2.30. The molecule has 0 aliphatic heterocycles. The van der Waals surface area contributed by atoms with E-state index < -0.39 is 15.0 Å². The number of hydrogen-bond acceptors (Lipinski definition) is 3. The second-order valence-corrected chi connectivity index (χ2v) is 8.59. The summed E-state index contributed by atoms with van der Waals surface area (Å²) in [6.45, 7) is 2.62. The van der Waals surface area contributed by atoms with Gasteiger partial charge in [0.05, 0.1) is 15.6 Å². The molecule has 2 rings (SSSR count). The number of hydrogen-bond donors (Lipinski definition) is 1. The van der Waals surface area contributed by atoms with Crippen molar-refractivity contribution in [1.82, 2.24) is 5.32 Å². The summed E-state index contributed by atoms with van der Waals surface area (Å²) >= 11 is 11.8. The standard InChI is InChI=1S/C13H14Cl3NO3S/c1-2-13(3-4-13)7-17-12(18)8-5-11(21(16,19)20)10(15)6-9(8)14/h5-6H,2-4,7H2,1H3,(H,17,18). The topological polar surface area (TPSA) is 63.2 Å². The molecule has 1 aliphatic carbocycles. The van der Waals surface area contributed by atoms with E-state index >= 15 is 0 Å². The highest BCUT2D eigenvalue weighted by molar-refractivity contribution is 8.13. The average molecular weight is 371 g/mol. The van der Waals surface area contributed by atoms with Gasteiger partial charge in [0.1, 0.15) is 4.90 Å². The van der Waals surface area contributed by atoms with E-state index in [0.717, 1.165) is 25.3 Å². The molecule has 1 amide bonds. The molecule has 0 radical (unpaired) electrons. The van der Waals surface area contributed by atoms with Gasteiger partial charge in [-0.05, 0) is 36.8 Å². The fraction of sp³-hybridized carbons (Fsp3) is 0.462. The first-order chi connectivity index (χ1) is 9.68. The van der Waals surface area contributed by atoms with Gasteiger partial charge in [-0.1, -0.05) is 30.1 Å². The zero-order valence-electron chi connectivity index (χ0n) is 11.3. The van der Waals surface area contributed by atoms with Crippen molar-refractivity contribution in [3.05, 3.63) is 27.7 Å². The quantitative estimate of drug-likeness (QED) is 0.801. The Kier molecular flexibility index (Phi) is 4.78. The molecular formula is C13H14Cl3NO3S. The van der Waals surface area contributed by atoms with Crippen LogP contribution in [0.25, 0.3) is 0 Å². The lowest BCUT2D eigenvalue weighted by Gasteiger charge is -2.14. The minimum atomic E-state index is -4.04. The Bertz CT molecular complexity index is 684. The fourth-order valence-electron chi connectivity index (χ4n) is 2.09. The van der Waals surface area contributed by atoms with E-state index in [2.05, 4.69) is 12.2 Å². The van der Waals surface area contributed by atoms with E-state index in [0.29, 0.717) is 6.54 Å². The predicted octanol–water partition coefficient (Wildman–Crippen LogP) is 3.84. The maximum atomic E-state index is 12.2. The van der Waals surface area contributed by atoms with Crippen LogP contribution in [0.2, 0.25) is 10.0 Å². The van der Waals surface area contributed by atoms with E-state index in [1.54, 1.807) is 0 Å². The smallest absolute Gasteiger partial charge is 0.262 e. The van der Waals surface area contributed by atoms with Crippen molar-refractivity contribution in [1.29, 1.82) is 0 Å². The average Bonchev–Trinajstić information content (AvgIpc) is 3.15. The molecule has 0 unspecified atom stereocenters. The third-order valence-electron chi connectivity index (χ3n) is 3.86. The van der Waals surface area contributed by atoms with E-state index in [-0.39, 0.29) is 25.9 Å². The highest BCUT2D eigenvalue weighted by atomic mass is 35.7. The number of amides is 1. The largest absolute Gasteiger partial charge is 0.351 e. The van der Waals surface area contributed by atoms with Gasteiger partial charge in [-0.15, -0.1) is 0 Å². The molecule has 1 aromatic carbocycles.